The molecule has 186 valence electrons. The van der Waals surface area contributed by atoms with Crippen molar-refractivity contribution in [2.24, 2.45) is 5.92 Å². The van der Waals surface area contributed by atoms with E-state index in [0.29, 0.717) is 28.6 Å². The number of halogens is 2. The normalized spacial score (nSPS) is 14.4. The van der Waals surface area contributed by atoms with Crippen molar-refractivity contribution in [3.05, 3.63) is 66.3 Å². The Morgan fingerprint density at radius 1 is 1.11 bits per heavy atom. The van der Waals surface area contributed by atoms with Crippen molar-refractivity contribution in [3.8, 4) is 11.3 Å². The summed E-state index contributed by atoms with van der Waals surface area (Å²) < 4.78 is 31.6. The van der Waals surface area contributed by atoms with E-state index in [4.69, 9.17) is 0 Å². The summed E-state index contributed by atoms with van der Waals surface area (Å²) in [6, 6.07) is 6.81. The molecule has 1 aliphatic rings. The lowest BCUT2D eigenvalue weighted by Crippen LogP contribution is -2.46. The number of hydrogen-bond acceptors (Lipinski definition) is 6. The molecule has 4 aromatic rings. The van der Waals surface area contributed by atoms with E-state index < -0.39 is 11.6 Å². The molecule has 0 amide bonds. The molecular weight excluding hydrogens is 460 g/mol. The molecule has 0 radical (unpaired) electrons. The van der Waals surface area contributed by atoms with E-state index in [2.05, 4.69) is 43.7 Å². The second-order valence-electron chi connectivity index (χ2n) is 9.47. The zero-order valence-corrected chi connectivity index (χ0v) is 20.9. The van der Waals surface area contributed by atoms with Crippen LogP contribution in [0.2, 0.25) is 0 Å². The Balaban J connectivity index is 1.40. The predicted octanol–water partition coefficient (Wildman–Crippen LogP) is 5.76. The fraction of sp³-hybridized carbons (Fsp3) is 0.333. The number of aryl methyl sites for hydroxylation is 1. The molecule has 4 heterocycles. The van der Waals surface area contributed by atoms with Gasteiger partial charge in [-0.3, -0.25) is 0 Å². The van der Waals surface area contributed by atoms with Gasteiger partial charge in [-0.2, -0.15) is 0 Å². The molecule has 1 aromatic carbocycles. The van der Waals surface area contributed by atoms with Gasteiger partial charge in [0.15, 0.2) is 11.6 Å². The Kier molecular flexibility index (Phi) is 6.26. The molecule has 36 heavy (non-hydrogen) atoms. The number of likely N-dealkylation sites (tertiary alicyclic amines) is 1. The minimum Gasteiger partial charge on any atom is -0.326 e. The Bertz CT molecular complexity index is 1440. The molecule has 0 unspecified atom stereocenters. The number of imidazole rings is 1. The van der Waals surface area contributed by atoms with E-state index in [1.807, 2.05) is 37.5 Å². The van der Waals surface area contributed by atoms with Crippen molar-refractivity contribution in [1.82, 2.24) is 29.4 Å². The summed E-state index contributed by atoms with van der Waals surface area (Å²) in [5.74, 6) is 0.650. The van der Waals surface area contributed by atoms with Gasteiger partial charge in [-0.1, -0.05) is 13.5 Å². The summed E-state index contributed by atoms with van der Waals surface area (Å²) >= 11 is 0. The van der Waals surface area contributed by atoms with E-state index in [0.717, 1.165) is 37.0 Å². The van der Waals surface area contributed by atoms with Crippen LogP contribution in [0.25, 0.3) is 27.9 Å². The first-order chi connectivity index (χ1) is 17.2. The van der Waals surface area contributed by atoms with E-state index in [1.54, 1.807) is 12.3 Å². The molecule has 1 saturated heterocycles. The summed E-state index contributed by atoms with van der Waals surface area (Å²) in [5.41, 5.74) is 3.23. The molecular formula is C27H29F2N7. The Morgan fingerprint density at radius 2 is 1.89 bits per heavy atom. The van der Waals surface area contributed by atoms with Crippen LogP contribution in [-0.4, -0.2) is 49.0 Å². The molecule has 1 aliphatic heterocycles. The zero-order valence-electron chi connectivity index (χ0n) is 20.9. The third-order valence-corrected chi connectivity index (χ3v) is 6.73. The molecule has 0 aliphatic carbocycles. The number of fused-ring (bicyclic) bond motifs is 1. The molecule has 0 atom stereocenters. The fourth-order valence-corrected chi connectivity index (χ4v) is 4.74. The largest absolute Gasteiger partial charge is 0.326 e. The van der Waals surface area contributed by atoms with E-state index >= 15 is 0 Å². The zero-order chi connectivity index (χ0) is 25.6. The third-order valence-electron chi connectivity index (χ3n) is 6.73. The van der Waals surface area contributed by atoms with Gasteiger partial charge in [0.2, 0.25) is 5.95 Å². The molecule has 0 bridgehead atoms. The van der Waals surface area contributed by atoms with Crippen LogP contribution in [0.3, 0.4) is 0 Å². The maximum atomic E-state index is 14.9. The van der Waals surface area contributed by atoms with Gasteiger partial charge in [0.25, 0.3) is 0 Å². The van der Waals surface area contributed by atoms with Gasteiger partial charge in [-0.25, -0.2) is 28.7 Å². The molecule has 3 aromatic heterocycles. The number of rotatable bonds is 7. The van der Waals surface area contributed by atoms with Crippen LogP contribution in [0.15, 0.2) is 43.2 Å². The Labute approximate surface area is 208 Å². The van der Waals surface area contributed by atoms with E-state index in [9.17, 15) is 8.78 Å². The third kappa shape index (κ3) is 4.35. The topological polar surface area (TPSA) is 71.8 Å². The number of nitrogens with one attached hydrogen (secondary N) is 1. The van der Waals surface area contributed by atoms with Crippen LogP contribution in [0.5, 0.6) is 0 Å². The minimum atomic E-state index is -0.645. The molecule has 1 N–H and O–H groups in total. The quantitative estimate of drug-likeness (QED) is 0.356. The van der Waals surface area contributed by atoms with Crippen LogP contribution < -0.4 is 5.32 Å². The lowest BCUT2D eigenvalue weighted by Gasteiger charge is -2.39. The van der Waals surface area contributed by atoms with Crippen LogP contribution in [0, 0.1) is 24.5 Å². The van der Waals surface area contributed by atoms with E-state index in [1.165, 1.54) is 6.07 Å². The minimum absolute atomic E-state index is 0.00193. The van der Waals surface area contributed by atoms with Gasteiger partial charge in [0.05, 0.1) is 11.7 Å². The van der Waals surface area contributed by atoms with Crippen LogP contribution >= 0.6 is 0 Å². The number of aromatic nitrogens is 5. The van der Waals surface area contributed by atoms with E-state index in [-0.39, 0.29) is 23.2 Å². The van der Waals surface area contributed by atoms with Crippen molar-refractivity contribution in [1.29, 1.82) is 0 Å². The molecule has 0 saturated carbocycles. The highest BCUT2D eigenvalue weighted by atomic mass is 19.1. The standard InChI is InChI=1S/C27H29F2N7/c1-6-35-13-20(14-35)16(4)18-7-8-24(30-11-18)33-27-31-12-22(29)25(34-27)19-9-21(28)26-23(10-19)36(15(2)3)17(5)32-26/h7-12,15,20H,4,6,13-14H2,1-3,5H3,(H,30,31,33,34). The molecule has 7 nitrogen and oxygen atoms in total. The van der Waals surface area contributed by atoms with Gasteiger partial charge in [0.1, 0.15) is 22.9 Å². The maximum absolute atomic E-state index is 14.9. The summed E-state index contributed by atoms with van der Waals surface area (Å²) in [6.07, 6.45) is 2.84. The molecule has 0 spiro atoms. The lowest BCUT2D eigenvalue weighted by molar-refractivity contribution is 0.145. The first kappa shape index (κ1) is 24.0. The average Bonchev–Trinajstić information content (AvgIpc) is 3.16. The van der Waals surface area contributed by atoms with Crippen molar-refractivity contribution < 1.29 is 8.78 Å². The number of anilines is 2. The van der Waals surface area contributed by atoms with Gasteiger partial charge >= 0.3 is 0 Å². The smallest absolute Gasteiger partial charge is 0.229 e. The number of hydrogen-bond donors (Lipinski definition) is 1. The summed E-state index contributed by atoms with van der Waals surface area (Å²) in [4.78, 5) is 19.6. The number of pyridine rings is 1. The van der Waals surface area contributed by atoms with Crippen LogP contribution in [0.4, 0.5) is 20.5 Å². The van der Waals surface area contributed by atoms with Gasteiger partial charge < -0.3 is 14.8 Å². The Hall–Kier alpha value is -3.72. The van der Waals surface area contributed by atoms with Crippen molar-refractivity contribution in [2.75, 3.05) is 25.0 Å². The maximum Gasteiger partial charge on any atom is 0.229 e. The van der Waals surface area contributed by atoms with Crippen LogP contribution in [0.1, 0.15) is 38.2 Å². The SMILES string of the molecule is C=C(c1ccc(Nc2ncc(F)c(-c3cc(F)c4nc(C)n(C(C)C)c4c3)n2)nc1)C1CN(CC)C1. The Morgan fingerprint density at radius 3 is 2.56 bits per heavy atom. The van der Waals surface area contributed by atoms with Crippen molar-refractivity contribution in [3.63, 3.8) is 0 Å². The highest BCUT2D eigenvalue weighted by Gasteiger charge is 2.28. The highest BCUT2D eigenvalue weighted by Crippen LogP contribution is 2.31. The predicted molar refractivity (Wildman–Crippen MR) is 138 cm³/mol. The van der Waals surface area contributed by atoms with Gasteiger partial charge in [-0.05, 0) is 62.7 Å². The first-order valence-corrected chi connectivity index (χ1v) is 12.1. The first-order valence-electron chi connectivity index (χ1n) is 12.1. The molecule has 1 fully saturated rings. The van der Waals surface area contributed by atoms with Gasteiger partial charge in [-0.15, -0.1) is 0 Å². The second-order valence-corrected chi connectivity index (χ2v) is 9.47. The summed E-state index contributed by atoms with van der Waals surface area (Å²) in [5, 5.41) is 3.02. The monoisotopic (exact) mass is 489 g/mol. The van der Waals surface area contributed by atoms with Crippen molar-refractivity contribution >= 4 is 28.4 Å². The highest BCUT2D eigenvalue weighted by molar-refractivity contribution is 5.83. The fourth-order valence-electron chi connectivity index (χ4n) is 4.74. The van der Waals surface area contributed by atoms with Crippen LogP contribution in [-0.2, 0) is 0 Å². The van der Waals surface area contributed by atoms with Crippen molar-refractivity contribution in [2.45, 2.75) is 33.7 Å². The summed E-state index contributed by atoms with van der Waals surface area (Å²) in [6.45, 7) is 15.3. The number of benzene rings is 1. The molecule has 9 heteroatoms. The second kappa shape index (κ2) is 9.39. The lowest BCUT2D eigenvalue weighted by atomic mass is 9.88. The molecule has 5 rings (SSSR count). The van der Waals surface area contributed by atoms with Gasteiger partial charge in [0, 0.05) is 36.8 Å². The number of nitrogens with zero attached hydrogens (tertiary/aromatic N) is 6. The average molecular weight is 490 g/mol. The summed E-state index contributed by atoms with van der Waals surface area (Å²) in [7, 11) is 0.